The summed E-state index contributed by atoms with van der Waals surface area (Å²) in [7, 11) is 1.42. The fourth-order valence-corrected chi connectivity index (χ4v) is 8.17. The van der Waals surface area contributed by atoms with Gasteiger partial charge in [0.2, 0.25) is 23.6 Å². The highest BCUT2D eigenvalue weighted by Gasteiger charge is 2.68. The number of allylic oxidation sites excluding steroid dienone is 2. The van der Waals surface area contributed by atoms with Crippen molar-refractivity contribution in [2.24, 2.45) is 29.1 Å². The fraction of sp³-hybridized carbons (Fsp3) is 0.294. The Morgan fingerprint density at radius 2 is 1.66 bits per heavy atom. The molecule has 3 aromatic carbocycles. The molecule has 44 heavy (non-hydrogen) atoms. The second-order valence-corrected chi connectivity index (χ2v) is 12.4. The van der Waals surface area contributed by atoms with Gasteiger partial charge in [0.1, 0.15) is 5.82 Å². The van der Waals surface area contributed by atoms with Gasteiger partial charge in [-0.05, 0) is 62.1 Å². The first kappa shape index (κ1) is 28.3. The number of hydrogen-bond donors (Lipinski definition) is 1. The average molecular weight is 615 g/mol. The molecule has 4 aliphatic rings. The van der Waals surface area contributed by atoms with Gasteiger partial charge >= 0.3 is 0 Å². The van der Waals surface area contributed by atoms with Gasteiger partial charge in [-0.2, -0.15) is 0 Å². The molecule has 2 saturated heterocycles. The third kappa shape index (κ3) is 3.75. The van der Waals surface area contributed by atoms with Crippen molar-refractivity contribution in [1.82, 2.24) is 0 Å². The van der Waals surface area contributed by atoms with E-state index in [0.29, 0.717) is 11.3 Å². The lowest BCUT2D eigenvalue weighted by atomic mass is 9.51. The topological polar surface area (TPSA) is 104 Å². The molecule has 4 amide bonds. The molecule has 3 aromatic rings. The molecule has 0 spiro atoms. The summed E-state index contributed by atoms with van der Waals surface area (Å²) in [5.74, 6) is -6.02. The average Bonchev–Trinajstić information content (AvgIpc) is 3.39. The van der Waals surface area contributed by atoms with Crippen LogP contribution in [0.3, 0.4) is 0 Å². The number of aromatic hydroxyl groups is 1. The minimum atomic E-state index is -1.39. The van der Waals surface area contributed by atoms with Crippen molar-refractivity contribution in [1.29, 1.82) is 0 Å². The summed E-state index contributed by atoms with van der Waals surface area (Å²) in [6, 6.07) is 17.4. The highest BCUT2D eigenvalue weighted by atomic mass is 35.5. The van der Waals surface area contributed by atoms with E-state index in [1.807, 2.05) is 6.08 Å². The molecule has 1 N–H and O–H groups in total. The van der Waals surface area contributed by atoms with Gasteiger partial charge in [0.15, 0.2) is 11.5 Å². The summed E-state index contributed by atoms with van der Waals surface area (Å²) in [4.78, 5) is 58.7. The Morgan fingerprint density at radius 1 is 0.909 bits per heavy atom. The molecule has 3 fully saturated rings. The first-order valence-electron chi connectivity index (χ1n) is 14.4. The Kier molecular flexibility index (Phi) is 6.44. The van der Waals surface area contributed by atoms with Crippen LogP contribution in [0.2, 0.25) is 5.02 Å². The van der Waals surface area contributed by atoms with Crippen LogP contribution in [0.25, 0.3) is 0 Å². The van der Waals surface area contributed by atoms with Crippen molar-refractivity contribution in [3.8, 4) is 11.5 Å². The van der Waals surface area contributed by atoms with Gasteiger partial charge in [-0.1, -0.05) is 53.6 Å². The largest absolute Gasteiger partial charge is 0.504 e. The van der Waals surface area contributed by atoms with E-state index in [9.17, 15) is 28.7 Å². The minimum Gasteiger partial charge on any atom is -0.504 e. The number of para-hydroxylation sites is 2. The molecule has 8 nitrogen and oxygen atoms in total. The molecular weight excluding hydrogens is 587 g/mol. The molecule has 0 aromatic heterocycles. The highest BCUT2D eigenvalue weighted by molar-refractivity contribution is 6.32. The zero-order valence-electron chi connectivity index (χ0n) is 23.9. The highest BCUT2D eigenvalue weighted by Crippen LogP contribution is 2.65. The molecule has 10 heteroatoms. The predicted octanol–water partition coefficient (Wildman–Crippen LogP) is 5.63. The van der Waals surface area contributed by atoms with Gasteiger partial charge in [0, 0.05) is 11.5 Å². The van der Waals surface area contributed by atoms with Crippen LogP contribution in [0.4, 0.5) is 15.8 Å². The van der Waals surface area contributed by atoms with Gasteiger partial charge in [-0.25, -0.2) is 9.29 Å². The van der Waals surface area contributed by atoms with E-state index in [2.05, 4.69) is 0 Å². The number of phenolic OH excluding ortho intramolecular Hbond substituents is 1. The molecule has 0 radical (unpaired) electrons. The SMILES string of the molecule is COc1cccc(C2C3=CCC4C(=O)N(c5ccccc5)C(=O)C4C3CC3C(=O)N(c4ccc(F)c(Cl)c4)C(=O)C32C)c1O. The lowest BCUT2D eigenvalue weighted by Gasteiger charge is -2.49. The number of nitrogens with zero attached hydrogens (tertiary/aromatic N) is 2. The quantitative estimate of drug-likeness (QED) is 0.302. The van der Waals surface area contributed by atoms with Crippen LogP contribution in [0, 0.1) is 34.9 Å². The van der Waals surface area contributed by atoms with E-state index >= 15 is 0 Å². The van der Waals surface area contributed by atoms with Crippen molar-refractivity contribution in [3.05, 3.63) is 94.8 Å². The summed E-state index contributed by atoms with van der Waals surface area (Å²) in [5, 5.41) is 11.2. The molecule has 6 unspecified atom stereocenters. The molecule has 2 aliphatic carbocycles. The van der Waals surface area contributed by atoms with Crippen LogP contribution >= 0.6 is 11.6 Å². The van der Waals surface area contributed by atoms with E-state index in [1.165, 1.54) is 24.1 Å². The van der Waals surface area contributed by atoms with Crippen molar-refractivity contribution in [2.75, 3.05) is 16.9 Å². The van der Waals surface area contributed by atoms with Crippen LogP contribution in [0.5, 0.6) is 11.5 Å². The number of methoxy groups -OCH3 is 1. The number of anilines is 2. The number of amides is 4. The molecule has 0 bridgehead atoms. The Labute approximate surface area is 257 Å². The molecule has 2 heterocycles. The van der Waals surface area contributed by atoms with Crippen molar-refractivity contribution in [2.45, 2.75) is 25.7 Å². The number of phenols is 1. The number of fused-ring (bicyclic) bond motifs is 4. The molecule has 2 aliphatic heterocycles. The zero-order chi connectivity index (χ0) is 31.1. The molecular formula is C34H28ClFN2O6. The van der Waals surface area contributed by atoms with E-state index < -0.39 is 52.6 Å². The van der Waals surface area contributed by atoms with E-state index in [0.717, 1.165) is 16.5 Å². The maximum Gasteiger partial charge on any atom is 0.241 e. The van der Waals surface area contributed by atoms with Crippen LogP contribution in [0.1, 0.15) is 31.2 Å². The Morgan fingerprint density at radius 3 is 2.36 bits per heavy atom. The van der Waals surface area contributed by atoms with Crippen molar-refractivity contribution in [3.63, 3.8) is 0 Å². The van der Waals surface area contributed by atoms with Crippen LogP contribution in [0.15, 0.2) is 78.4 Å². The number of imide groups is 2. The second kappa shape index (κ2) is 10.0. The van der Waals surface area contributed by atoms with Gasteiger partial charge in [-0.3, -0.25) is 24.1 Å². The minimum absolute atomic E-state index is 0.132. The number of ether oxygens (including phenoxy) is 1. The third-order valence-electron chi connectivity index (χ3n) is 10.0. The number of rotatable bonds is 4. The van der Waals surface area contributed by atoms with E-state index in [1.54, 1.807) is 55.5 Å². The van der Waals surface area contributed by atoms with Crippen LogP contribution in [-0.2, 0) is 19.2 Å². The molecule has 1 saturated carbocycles. The van der Waals surface area contributed by atoms with Gasteiger partial charge in [-0.15, -0.1) is 0 Å². The Balaban J connectivity index is 1.40. The van der Waals surface area contributed by atoms with Gasteiger partial charge < -0.3 is 9.84 Å². The van der Waals surface area contributed by atoms with Crippen molar-refractivity contribution >= 4 is 46.6 Å². The monoisotopic (exact) mass is 614 g/mol. The summed E-state index contributed by atoms with van der Waals surface area (Å²) in [6.45, 7) is 1.70. The first-order valence-corrected chi connectivity index (χ1v) is 14.8. The lowest BCUT2D eigenvalue weighted by Crippen LogP contribution is -2.48. The Hall–Kier alpha value is -4.50. The summed E-state index contributed by atoms with van der Waals surface area (Å²) in [5.41, 5.74) is 0.329. The van der Waals surface area contributed by atoms with Crippen molar-refractivity contribution < 1.29 is 33.4 Å². The number of carbonyl (C=O) groups is 4. The number of hydrogen-bond acceptors (Lipinski definition) is 6. The first-order chi connectivity index (χ1) is 21.1. The molecule has 7 rings (SSSR count). The fourth-order valence-electron chi connectivity index (χ4n) is 8.00. The summed E-state index contributed by atoms with van der Waals surface area (Å²) < 4.78 is 19.5. The summed E-state index contributed by atoms with van der Waals surface area (Å²) in [6.07, 6.45) is 2.32. The second-order valence-electron chi connectivity index (χ2n) is 12.0. The summed E-state index contributed by atoms with van der Waals surface area (Å²) >= 11 is 6.05. The van der Waals surface area contributed by atoms with Crippen LogP contribution in [-0.4, -0.2) is 35.8 Å². The number of carbonyl (C=O) groups excluding carboxylic acids is 4. The van der Waals surface area contributed by atoms with Gasteiger partial charge in [0.05, 0.1) is 46.7 Å². The van der Waals surface area contributed by atoms with Gasteiger partial charge in [0.25, 0.3) is 0 Å². The third-order valence-corrected chi connectivity index (χ3v) is 10.3. The van der Waals surface area contributed by atoms with E-state index in [4.69, 9.17) is 16.3 Å². The maximum absolute atomic E-state index is 14.5. The number of halogens is 2. The lowest BCUT2D eigenvalue weighted by molar-refractivity contribution is -0.131. The zero-order valence-corrected chi connectivity index (χ0v) is 24.6. The standard InChI is InChI=1S/C34H28ClFN2O6/c1-34-23(31(41)38(33(34)43)18-11-14-25(36)24(35)15-18)16-22-19(28(34)21-9-6-10-26(44-2)29(21)39)12-13-20-27(22)32(42)37(30(20)40)17-7-4-3-5-8-17/h3-12,14-15,20,22-23,27-28,39H,13,16H2,1-2H3. The van der Waals surface area contributed by atoms with Crippen LogP contribution < -0.4 is 14.5 Å². The maximum atomic E-state index is 14.5. The predicted molar refractivity (Wildman–Crippen MR) is 160 cm³/mol. The van der Waals surface area contributed by atoms with E-state index in [-0.39, 0.29) is 46.9 Å². The number of benzene rings is 3. The smallest absolute Gasteiger partial charge is 0.241 e. The normalized spacial score (nSPS) is 29.4. The molecule has 224 valence electrons. The Bertz CT molecular complexity index is 1790. The molecule has 6 atom stereocenters.